The smallest absolute Gasteiger partial charge is 0.238 e. The van der Waals surface area contributed by atoms with Crippen LogP contribution in [0.15, 0.2) is 47.4 Å². The third-order valence-electron chi connectivity index (χ3n) is 5.37. The predicted molar refractivity (Wildman–Crippen MR) is 111 cm³/mol. The summed E-state index contributed by atoms with van der Waals surface area (Å²) in [5.41, 5.74) is 1.31. The molecule has 0 bridgehead atoms. The van der Waals surface area contributed by atoms with E-state index >= 15 is 4.39 Å². The van der Waals surface area contributed by atoms with Crippen LogP contribution in [0.4, 0.5) is 10.1 Å². The van der Waals surface area contributed by atoms with Crippen LogP contribution in [0.25, 0.3) is 0 Å². The highest BCUT2D eigenvalue weighted by atomic mass is 32.2. The molecule has 1 saturated heterocycles. The Kier molecular flexibility index (Phi) is 6.22. The Bertz CT molecular complexity index is 1020. The molecule has 2 aromatic rings. The average Bonchev–Trinajstić information content (AvgIpc) is 3.09. The summed E-state index contributed by atoms with van der Waals surface area (Å²) in [5.74, 6) is -0.538. The molecule has 2 N–H and O–H groups in total. The molecule has 0 spiro atoms. The van der Waals surface area contributed by atoms with E-state index in [0.29, 0.717) is 6.54 Å². The maximum absolute atomic E-state index is 15.1. The molecule has 0 aliphatic carbocycles. The molecule has 154 valence electrons. The number of benzene rings is 2. The molecular formula is C21H25FN4O2S. The first-order chi connectivity index (χ1) is 13.7. The minimum Gasteiger partial charge on any atom is -0.364 e. The zero-order chi connectivity index (χ0) is 21.2. The lowest BCUT2D eigenvalue weighted by Gasteiger charge is -2.29. The SMILES string of the molecule is CN(C)CC[C@@H]1C[C@@H](c2ccccc2)CN1c1c(F)cc(S(N)(=O)=O)cc1C#N. The van der Waals surface area contributed by atoms with E-state index in [2.05, 4.69) is 17.0 Å². The fraction of sp³-hybridized carbons (Fsp3) is 0.381. The lowest BCUT2D eigenvalue weighted by molar-refractivity contribution is 0.378. The molecule has 3 rings (SSSR count). The molecule has 1 heterocycles. The Labute approximate surface area is 171 Å². The minimum atomic E-state index is -4.10. The number of nitrogens with zero attached hydrogens (tertiary/aromatic N) is 3. The number of hydrogen-bond acceptors (Lipinski definition) is 5. The molecule has 8 heteroatoms. The number of nitrogens with two attached hydrogens (primary N) is 1. The first-order valence-corrected chi connectivity index (χ1v) is 11.0. The molecule has 2 aromatic carbocycles. The number of hydrogen-bond donors (Lipinski definition) is 1. The van der Waals surface area contributed by atoms with Crippen LogP contribution >= 0.6 is 0 Å². The van der Waals surface area contributed by atoms with Gasteiger partial charge in [-0.3, -0.25) is 0 Å². The van der Waals surface area contributed by atoms with Crippen LogP contribution in [0.1, 0.15) is 29.9 Å². The van der Waals surface area contributed by atoms with Gasteiger partial charge < -0.3 is 9.80 Å². The lowest BCUT2D eigenvalue weighted by atomic mass is 9.95. The molecule has 0 aromatic heterocycles. The van der Waals surface area contributed by atoms with Crippen molar-refractivity contribution in [1.82, 2.24) is 4.90 Å². The second-order valence-electron chi connectivity index (χ2n) is 7.70. The minimum absolute atomic E-state index is 0.0161. The van der Waals surface area contributed by atoms with Crippen LogP contribution in [0.3, 0.4) is 0 Å². The van der Waals surface area contributed by atoms with Crippen molar-refractivity contribution in [3.63, 3.8) is 0 Å². The van der Waals surface area contributed by atoms with Gasteiger partial charge in [0.05, 0.1) is 16.1 Å². The summed E-state index contributed by atoms with van der Waals surface area (Å²) in [6, 6.07) is 14.1. The van der Waals surface area contributed by atoms with Crippen LogP contribution in [0.2, 0.25) is 0 Å². The molecule has 1 aliphatic rings. The van der Waals surface area contributed by atoms with Crippen LogP contribution in [0.5, 0.6) is 0 Å². The zero-order valence-electron chi connectivity index (χ0n) is 16.5. The van der Waals surface area contributed by atoms with Crippen molar-refractivity contribution in [2.75, 3.05) is 32.1 Å². The molecule has 0 amide bonds. The molecular weight excluding hydrogens is 391 g/mol. The molecule has 1 aliphatic heterocycles. The van der Waals surface area contributed by atoms with Gasteiger partial charge in [-0.05, 0) is 51.2 Å². The average molecular weight is 417 g/mol. The van der Waals surface area contributed by atoms with Gasteiger partial charge in [0, 0.05) is 18.5 Å². The Morgan fingerprint density at radius 3 is 2.55 bits per heavy atom. The normalized spacial score (nSPS) is 19.5. The predicted octanol–water partition coefficient (Wildman–Crippen LogP) is 2.66. The summed E-state index contributed by atoms with van der Waals surface area (Å²) in [5, 5.41) is 14.7. The van der Waals surface area contributed by atoms with Gasteiger partial charge in [0.25, 0.3) is 0 Å². The molecule has 29 heavy (non-hydrogen) atoms. The van der Waals surface area contributed by atoms with E-state index in [4.69, 9.17) is 5.14 Å². The second kappa shape index (κ2) is 8.49. The van der Waals surface area contributed by atoms with Gasteiger partial charge in [-0.15, -0.1) is 0 Å². The Hall–Kier alpha value is -2.47. The van der Waals surface area contributed by atoms with Crippen molar-refractivity contribution in [3.05, 3.63) is 59.4 Å². The van der Waals surface area contributed by atoms with Gasteiger partial charge in [0.1, 0.15) is 11.9 Å². The highest BCUT2D eigenvalue weighted by Crippen LogP contribution is 2.39. The van der Waals surface area contributed by atoms with Gasteiger partial charge in [0.15, 0.2) is 0 Å². The Morgan fingerprint density at radius 2 is 1.97 bits per heavy atom. The van der Waals surface area contributed by atoms with Crippen molar-refractivity contribution in [2.24, 2.45) is 5.14 Å². The summed E-state index contributed by atoms with van der Waals surface area (Å²) in [6.45, 7) is 1.38. The Balaban J connectivity index is 2.02. The van der Waals surface area contributed by atoms with Crippen molar-refractivity contribution < 1.29 is 12.8 Å². The maximum atomic E-state index is 15.1. The highest BCUT2D eigenvalue weighted by molar-refractivity contribution is 7.89. The van der Waals surface area contributed by atoms with Crippen molar-refractivity contribution in [3.8, 4) is 6.07 Å². The van der Waals surface area contributed by atoms with E-state index in [1.165, 1.54) is 5.56 Å². The Morgan fingerprint density at radius 1 is 1.28 bits per heavy atom. The van der Waals surface area contributed by atoms with Crippen LogP contribution in [0, 0.1) is 17.1 Å². The number of nitriles is 1. The van der Waals surface area contributed by atoms with Crippen LogP contribution < -0.4 is 10.0 Å². The zero-order valence-corrected chi connectivity index (χ0v) is 17.4. The van der Waals surface area contributed by atoms with E-state index in [1.54, 1.807) is 0 Å². The summed E-state index contributed by atoms with van der Waals surface area (Å²) in [7, 11) is -0.139. The van der Waals surface area contributed by atoms with Crippen LogP contribution in [-0.4, -0.2) is 46.5 Å². The molecule has 2 atom stereocenters. The lowest BCUT2D eigenvalue weighted by Crippen LogP contribution is -2.33. The molecule has 0 unspecified atom stereocenters. The van der Waals surface area contributed by atoms with Gasteiger partial charge in [-0.2, -0.15) is 5.26 Å². The maximum Gasteiger partial charge on any atom is 0.238 e. The van der Waals surface area contributed by atoms with Gasteiger partial charge in [-0.1, -0.05) is 30.3 Å². The summed E-state index contributed by atoms with van der Waals surface area (Å²) < 4.78 is 38.4. The molecule has 6 nitrogen and oxygen atoms in total. The number of rotatable bonds is 6. The fourth-order valence-electron chi connectivity index (χ4n) is 3.95. The standard InChI is InChI=1S/C21H25FN4O2S/c1-25(2)9-8-18-10-17(15-6-4-3-5-7-15)14-26(18)21-16(13-23)11-19(12-20(21)22)29(24,27)28/h3-7,11-12,17-18H,8-10,14H2,1-2H3,(H2,24,27,28)/t17-,18-/m1/s1. The van der Waals surface area contributed by atoms with E-state index in [1.807, 2.05) is 43.3 Å². The van der Waals surface area contributed by atoms with Crippen molar-refractivity contribution in [2.45, 2.75) is 29.7 Å². The number of sulfonamides is 1. The topological polar surface area (TPSA) is 90.4 Å². The van der Waals surface area contributed by atoms with E-state index in [-0.39, 0.29) is 28.1 Å². The number of halogens is 1. The van der Waals surface area contributed by atoms with Gasteiger partial charge >= 0.3 is 0 Å². The first-order valence-electron chi connectivity index (χ1n) is 9.43. The molecule has 1 fully saturated rings. The van der Waals surface area contributed by atoms with E-state index in [0.717, 1.165) is 31.5 Å². The molecule has 0 saturated carbocycles. The summed E-state index contributed by atoms with van der Waals surface area (Å²) in [4.78, 5) is 3.60. The highest BCUT2D eigenvalue weighted by Gasteiger charge is 2.36. The largest absolute Gasteiger partial charge is 0.364 e. The number of primary sulfonamides is 1. The van der Waals surface area contributed by atoms with Crippen molar-refractivity contribution in [1.29, 1.82) is 5.26 Å². The van der Waals surface area contributed by atoms with Crippen LogP contribution in [-0.2, 0) is 10.0 Å². The second-order valence-corrected chi connectivity index (χ2v) is 9.26. The quantitative estimate of drug-likeness (QED) is 0.782. The van der Waals surface area contributed by atoms with E-state index < -0.39 is 15.8 Å². The fourth-order valence-corrected chi connectivity index (χ4v) is 4.50. The van der Waals surface area contributed by atoms with Gasteiger partial charge in [-0.25, -0.2) is 17.9 Å². The molecule has 0 radical (unpaired) electrons. The first kappa shape index (κ1) is 21.2. The summed E-state index contributed by atoms with van der Waals surface area (Å²) >= 11 is 0. The third-order valence-corrected chi connectivity index (χ3v) is 6.26. The number of anilines is 1. The van der Waals surface area contributed by atoms with Gasteiger partial charge in [0.2, 0.25) is 10.0 Å². The summed E-state index contributed by atoms with van der Waals surface area (Å²) in [6.07, 6.45) is 1.64. The van der Waals surface area contributed by atoms with Crippen molar-refractivity contribution >= 4 is 15.7 Å². The van der Waals surface area contributed by atoms with E-state index in [9.17, 15) is 13.7 Å². The third kappa shape index (κ3) is 4.75. The monoisotopic (exact) mass is 416 g/mol.